The molecule has 7 nitrogen and oxygen atoms in total. The Labute approximate surface area is 165 Å². The molecule has 0 radical (unpaired) electrons. The maximum Gasteiger partial charge on any atom is 0.338 e. The largest absolute Gasteiger partial charge is 0.459 e. The highest BCUT2D eigenvalue weighted by atomic mass is 32.2. The summed E-state index contributed by atoms with van der Waals surface area (Å²) in [5.41, 5.74) is 1.91. The summed E-state index contributed by atoms with van der Waals surface area (Å²) in [5.74, 6) is -0.594. The van der Waals surface area contributed by atoms with Crippen LogP contribution >= 0.6 is 0 Å². The van der Waals surface area contributed by atoms with Crippen molar-refractivity contribution in [2.75, 3.05) is 23.2 Å². The number of benzene rings is 2. The van der Waals surface area contributed by atoms with E-state index in [1.165, 1.54) is 18.2 Å². The van der Waals surface area contributed by atoms with E-state index in [2.05, 4.69) is 10.0 Å². The van der Waals surface area contributed by atoms with Crippen molar-refractivity contribution in [3.63, 3.8) is 0 Å². The first-order chi connectivity index (χ1) is 13.2. The number of hydrogen-bond acceptors (Lipinski definition) is 6. The quantitative estimate of drug-likeness (QED) is 0.436. The van der Waals surface area contributed by atoms with E-state index in [1.807, 2.05) is 6.92 Å². The molecule has 0 unspecified atom stereocenters. The SMILES string of the molecule is Cc1ccc(NS(=O)(=O)c2cc(C(=O)OC(C)C)ccc2NCCCO)cc1. The van der Waals surface area contributed by atoms with E-state index < -0.39 is 16.0 Å². The molecular weight excluding hydrogens is 380 g/mol. The Morgan fingerprint density at radius 2 is 1.82 bits per heavy atom. The monoisotopic (exact) mass is 406 g/mol. The van der Waals surface area contributed by atoms with Crippen LogP contribution in [0.5, 0.6) is 0 Å². The molecule has 8 heteroatoms. The van der Waals surface area contributed by atoms with Crippen LogP contribution < -0.4 is 10.0 Å². The van der Waals surface area contributed by atoms with Crippen molar-refractivity contribution in [1.29, 1.82) is 0 Å². The molecule has 0 bridgehead atoms. The molecule has 0 fully saturated rings. The summed E-state index contributed by atoms with van der Waals surface area (Å²) in [4.78, 5) is 12.1. The molecule has 0 heterocycles. The van der Waals surface area contributed by atoms with Crippen LogP contribution in [-0.4, -0.2) is 38.7 Å². The Kier molecular flexibility index (Phi) is 7.42. The normalized spacial score (nSPS) is 11.3. The van der Waals surface area contributed by atoms with Crippen LogP contribution in [0.3, 0.4) is 0 Å². The number of ether oxygens (including phenoxy) is 1. The molecule has 3 N–H and O–H groups in total. The molecule has 0 aliphatic rings. The van der Waals surface area contributed by atoms with E-state index in [9.17, 15) is 13.2 Å². The molecule has 0 amide bonds. The molecule has 0 saturated carbocycles. The zero-order valence-corrected chi connectivity index (χ0v) is 17.0. The van der Waals surface area contributed by atoms with E-state index in [1.54, 1.807) is 38.1 Å². The zero-order valence-electron chi connectivity index (χ0n) is 16.2. The molecule has 2 aromatic carbocycles. The number of rotatable bonds is 9. The van der Waals surface area contributed by atoms with Gasteiger partial charge in [-0.3, -0.25) is 4.72 Å². The highest BCUT2D eigenvalue weighted by molar-refractivity contribution is 7.92. The Morgan fingerprint density at radius 1 is 1.14 bits per heavy atom. The van der Waals surface area contributed by atoms with Crippen LogP contribution in [0.4, 0.5) is 11.4 Å². The topological polar surface area (TPSA) is 105 Å². The molecule has 0 atom stereocenters. The molecule has 2 rings (SSSR count). The zero-order chi connectivity index (χ0) is 20.7. The molecule has 152 valence electrons. The number of nitrogens with one attached hydrogen (secondary N) is 2. The number of carbonyl (C=O) groups excluding carboxylic acids is 1. The molecule has 0 aromatic heterocycles. The van der Waals surface area contributed by atoms with Crippen LogP contribution in [0.2, 0.25) is 0 Å². The fraction of sp³-hybridized carbons (Fsp3) is 0.350. The molecule has 2 aromatic rings. The number of aryl methyl sites for hydroxylation is 1. The average Bonchev–Trinajstić information content (AvgIpc) is 2.63. The molecule has 28 heavy (non-hydrogen) atoms. The van der Waals surface area contributed by atoms with Crippen molar-refractivity contribution in [3.05, 3.63) is 53.6 Å². The van der Waals surface area contributed by atoms with E-state index >= 15 is 0 Å². The number of sulfonamides is 1. The number of esters is 1. The summed E-state index contributed by atoms with van der Waals surface area (Å²) in [6.07, 6.45) is 0.141. The molecule has 0 saturated heterocycles. The van der Waals surface area contributed by atoms with Crippen LogP contribution in [-0.2, 0) is 14.8 Å². The third kappa shape index (κ3) is 5.97. The van der Waals surface area contributed by atoms with Crippen LogP contribution in [0.1, 0.15) is 36.2 Å². The predicted octanol–water partition coefficient (Wildman–Crippen LogP) is 3.16. The maximum atomic E-state index is 13.0. The lowest BCUT2D eigenvalue weighted by molar-refractivity contribution is 0.0377. The van der Waals surface area contributed by atoms with E-state index in [0.29, 0.717) is 24.3 Å². The van der Waals surface area contributed by atoms with E-state index in [4.69, 9.17) is 9.84 Å². The minimum Gasteiger partial charge on any atom is -0.459 e. The fourth-order valence-corrected chi connectivity index (χ4v) is 3.70. The van der Waals surface area contributed by atoms with Gasteiger partial charge >= 0.3 is 5.97 Å². The number of aliphatic hydroxyl groups is 1. The lowest BCUT2D eigenvalue weighted by Gasteiger charge is -2.16. The van der Waals surface area contributed by atoms with Crippen LogP contribution in [0.25, 0.3) is 0 Å². The van der Waals surface area contributed by atoms with Gasteiger partial charge < -0.3 is 15.2 Å². The minimum atomic E-state index is -3.96. The second-order valence-electron chi connectivity index (χ2n) is 6.64. The molecular formula is C20H26N2O5S. The summed E-state index contributed by atoms with van der Waals surface area (Å²) < 4.78 is 33.7. The summed E-state index contributed by atoms with van der Waals surface area (Å²) in [6.45, 7) is 5.72. The fourth-order valence-electron chi connectivity index (χ4n) is 2.43. The Hall–Kier alpha value is -2.58. The highest BCUT2D eigenvalue weighted by Crippen LogP contribution is 2.26. The van der Waals surface area contributed by atoms with E-state index in [-0.39, 0.29) is 23.2 Å². The van der Waals surface area contributed by atoms with Gasteiger partial charge in [-0.25, -0.2) is 13.2 Å². The highest BCUT2D eigenvalue weighted by Gasteiger charge is 2.22. The van der Waals surface area contributed by atoms with Crippen molar-refractivity contribution in [1.82, 2.24) is 0 Å². The van der Waals surface area contributed by atoms with Gasteiger partial charge in [0, 0.05) is 18.8 Å². The Morgan fingerprint density at radius 3 is 2.43 bits per heavy atom. The van der Waals surface area contributed by atoms with Crippen LogP contribution in [0, 0.1) is 6.92 Å². The summed E-state index contributed by atoms with van der Waals surface area (Å²) in [6, 6.07) is 11.3. The third-order valence-electron chi connectivity index (χ3n) is 3.80. The smallest absolute Gasteiger partial charge is 0.338 e. The van der Waals surface area contributed by atoms with Gasteiger partial charge in [-0.2, -0.15) is 0 Å². The molecule has 0 aliphatic carbocycles. The van der Waals surface area contributed by atoms with Crippen molar-refractivity contribution in [2.24, 2.45) is 0 Å². The van der Waals surface area contributed by atoms with Gasteiger partial charge in [0.1, 0.15) is 4.90 Å². The van der Waals surface area contributed by atoms with Crippen molar-refractivity contribution < 1.29 is 23.1 Å². The van der Waals surface area contributed by atoms with E-state index in [0.717, 1.165) is 5.56 Å². The second kappa shape index (κ2) is 9.57. The van der Waals surface area contributed by atoms with Gasteiger partial charge in [-0.1, -0.05) is 17.7 Å². The van der Waals surface area contributed by atoms with Gasteiger partial charge in [0.25, 0.3) is 10.0 Å². The first kappa shape index (κ1) is 21.7. The lowest BCUT2D eigenvalue weighted by Crippen LogP contribution is -2.18. The predicted molar refractivity (Wildman–Crippen MR) is 109 cm³/mol. The standard InChI is InChI=1S/C20H26N2O5S/c1-14(2)27-20(24)16-7-10-18(21-11-4-12-23)19(13-16)28(25,26)22-17-8-5-15(3)6-9-17/h5-10,13-14,21-23H,4,11-12H2,1-3H3. The minimum absolute atomic E-state index is 0.0184. The number of carbonyl (C=O) groups is 1. The molecule has 0 spiro atoms. The second-order valence-corrected chi connectivity index (χ2v) is 8.29. The number of anilines is 2. The first-order valence-corrected chi connectivity index (χ1v) is 10.5. The van der Waals surface area contributed by atoms with Crippen molar-refractivity contribution in [2.45, 2.75) is 38.2 Å². The van der Waals surface area contributed by atoms with Gasteiger partial charge in [0.2, 0.25) is 0 Å². The van der Waals surface area contributed by atoms with Gasteiger partial charge in [0.05, 0.1) is 17.4 Å². The first-order valence-electron chi connectivity index (χ1n) is 9.02. The lowest BCUT2D eigenvalue weighted by atomic mass is 10.2. The number of hydrogen-bond donors (Lipinski definition) is 3. The maximum absolute atomic E-state index is 13.0. The summed E-state index contributed by atoms with van der Waals surface area (Å²) in [5, 5.41) is 12.0. The Bertz CT molecular complexity index is 909. The van der Waals surface area contributed by atoms with Gasteiger partial charge in [0.15, 0.2) is 0 Å². The van der Waals surface area contributed by atoms with Gasteiger partial charge in [-0.05, 0) is 57.5 Å². The van der Waals surface area contributed by atoms with Crippen molar-refractivity contribution in [3.8, 4) is 0 Å². The van der Waals surface area contributed by atoms with Crippen LogP contribution in [0.15, 0.2) is 47.4 Å². The summed E-state index contributed by atoms with van der Waals surface area (Å²) >= 11 is 0. The third-order valence-corrected chi connectivity index (χ3v) is 5.22. The number of aliphatic hydroxyl groups excluding tert-OH is 1. The molecule has 0 aliphatic heterocycles. The van der Waals surface area contributed by atoms with Gasteiger partial charge in [-0.15, -0.1) is 0 Å². The Balaban J connectivity index is 2.40. The average molecular weight is 407 g/mol. The van der Waals surface area contributed by atoms with Crippen molar-refractivity contribution >= 4 is 27.4 Å². The summed E-state index contributed by atoms with van der Waals surface area (Å²) in [7, 11) is -3.96.